The second kappa shape index (κ2) is 4.97. The van der Waals surface area contributed by atoms with E-state index in [2.05, 4.69) is 25.7 Å². The zero-order chi connectivity index (χ0) is 9.84. The quantitative estimate of drug-likeness (QED) is 0.704. The monoisotopic (exact) mass is 184 g/mol. The Morgan fingerprint density at radius 1 is 1.38 bits per heavy atom. The minimum atomic E-state index is 0.750. The summed E-state index contributed by atoms with van der Waals surface area (Å²) in [6, 6.07) is 0.750. The number of rotatable bonds is 5. The van der Waals surface area contributed by atoms with E-state index in [1.807, 2.05) is 0 Å². The number of hydrogen-bond acceptors (Lipinski definition) is 2. The van der Waals surface area contributed by atoms with Crippen LogP contribution in [-0.4, -0.2) is 30.6 Å². The Hall–Kier alpha value is -0.0800. The molecule has 1 saturated heterocycles. The third-order valence-corrected chi connectivity index (χ3v) is 3.37. The van der Waals surface area contributed by atoms with Crippen molar-refractivity contribution in [2.75, 3.05) is 19.6 Å². The summed E-state index contributed by atoms with van der Waals surface area (Å²) in [5, 5.41) is 0. The van der Waals surface area contributed by atoms with Gasteiger partial charge in [-0.2, -0.15) is 0 Å². The molecule has 0 bridgehead atoms. The maximum atomic E-state index is 5.59. The normalized spacial score (nSPS) is 21.9. The van der Waals surface area contributed by atoms with Gasteiger partial charge in [-0.05, 0) is 31.2 Å². The van der Waals surface area contributed by atoms with Crippen LogP contribution < -0.4 is 5.73 Å². The van der Waals surface area contributed by atoms with E-state index in [1.165, 1.54) is 25.9 Å². The zero-order valence-corrected chi connectivity index (χ0v) is 9.29. The van der Waals surface area contributed by atoms with Gasteiger partial charge in [-0.1, -0.05) is 20.8 Å². The molecule has 1 rings (SSSR count). The van der Waals surface area contributed by atoms with Crippen LogP contribution >= 0.6 is 0 Å². The van der Waals surface area contributed by atoms with Gasteiger partial charge >= 0.3 is 0 Å². The fourth-order valence-corrected chi connectivity index (χ4v) is 2.11. The molecule has 1 atom stereocenters. The van der Waals surface area contributed by atoms with E-state index in [4.69, 9.17) is 5.73 Å². The van der Waals surface area contributed by atoms with E-state index in [0.29, 0.717) is 0 Å². The second-order valence-corrected chi connectivity index (χ2v) is 4.60. The average Bonchev–Trinajstić information content (AvgIpc) is 1.99. The van der Waals surface area contributed by atoms with Crippen molar-refractivity contribution in [3.8, 4) is 0 Å². The molecule has 0 amide bonds. The SMILES string of the molecule is CCC(CCN)N1CC(C(C)C)C1. The van der Waals surface area contributed by atoms with Crippen molar-refractivity contribution >= 4 is 0 Å². The van der Waals surface area contributed by atoms with Crippen molar-refractivity contribution in [3.05, 3.63) is 0 Å². The fraction of sp³-hybridized carbons (Fsp3) is 1.00. The topological polar surface area (TPSA) is 29.3 Å². The lowest BCUT2D eigenvalue weighted by Gasteiger charge is -2.46. The van der Waals surface area contributed by atoms with Crippen LogP contribution in [0.2, 0.25) is 0 Å². The van der Waals surface area contributed by atoms with Crippen molar-refractivity contribution in [2.45, 2.75) is 39.7 Å². The summed E-state index contributed by atoms with van der Waals surface area (Å²) in [5.41, 5.74) is 5.59. The molecule has 1 unspecified atom stereocenters. The fourth-order valence-electron chi connectivity index (χ4n) is 2.11. The maximum absolute atomic E-state index is 5.59. The van der Waals surface area contributed by atoms with Gasteiger partial charge in [-0.3, -0.25) is 4.90 Å². The van der Waals surface area contributed by atoms with Crippen LogP contribution in [-0.2, 0) is 0 Å². The van der Waals surface area contributed by atoms with Gasteiger partial charge in [0.05, 0.1) is 0 Å². The predicted molar refractivity (Wildman–Crippen MR) is 57.7 cm³/mol. The maximum Gasteiger partial charge on any atom is 0.0105 e. The Kier molecular flexibility index (Phi) is 4.20. The van der Waals surface area contributed by atoms with Crippen molar-refractivity contribution in [3.63, 3.8) is 0 Å². The molecule has 78 valence electrons. The molecule has 0 aromatic heterocycles. The standard InChI is InChI=1S/C11H24N2/c1-4-11(5-6-12)13-7-10(8-13)9(2)3/h9-11H,4-8,12H2,1-3H3. The smallest absolute Gasteiger partial charge is 0.0105 e. The van der Waals surface area contributed by atoms with Crippen molar-refractivity contribution in [1.82, 2.24) is 4.90 Å². The molecular weight excluding hydrogens is 160 g/mol. The van der Waals surface area contributed by atoms with Crippen LogP contribution in [0.15, 0.2) is 0 Å². The van der Waals surface area contributed by atoms with E-state index in [-0.39, 0.29) is 0 Å². The van der Waals surface area contributed by atoms with Crippen LogP contribution in [0.3, 0.4) is 0 Å². The highest BCUT2D eigenvalue weighted by Crippen LogP contribution is 2.27. The molecule has 13 heavy (non-hydrogen) atoms. The third kappa shape index (κ3) is 2.68. The average molecular weight is 184 g/mol. The molecule has 0 saturated carbocycles. The Morgan fingerprint density at radius 3 is 2.38 bits per heavy atom. The summed E-state index contributed by atoms with van der Waals surface area (Å²) in [4.78, 5) is 2.59. The lowest BCUT2D eigenvalue weighted by Crippen LogP contribution is -2.54. The van der Waals surface area contributed by atoms with E-state index in [9.17, 15) is 0 Å². The summed E-state index contributed by atoms with van der Waals surface area (Å²) in [6.07, 6.45) is 2.42. The molecule has 0 radical (unpaired) electrons. The minimum absolute atomic E-state index is 0.750. The van der Waals surface area contributed by atoms with Crippen molar-refractivity contribution < 1.29 is 0 Å². The highest BCUT2D eigenvalue weighted by molar-refractivity contribution is 4.86. The van der Waals surface area contributed by atoms with Gasteiger partial charge in [-0.25, -0.2) is 0 Å². The molecule has 2 nitrogen and oxygen atoms in total. The first-order valence-electron chi connectivity index (χ1n) is 5.63. The van der Waals surface area contributed by atoms with Crippen LogP contribution in [0.25, 0.3) is 0 Å². The van der Waals surface area contributed by atoms with Gasteiger partial charge in [0, 0.05) is 19.1 Å². The van der Waals surface area contributed by atoms with Gasteiger partial charge in [-0.15, -0.1) is 0 Å². The summed E-state index contributed by atoms with van der Waals surface area (Å²) in [6.45, 7) is 10.4. The molecule has 1 fully saturated rings. The molecule has 0 spiro atoms. The van der Waals surface area contributed by atoms with Gasteiger partial charge in [0.1, 0.15) is 0 Å². The van der Waals surface area contributed by atoms with Crippen molar-refractivity contribution in [2.24, 2.45) is 17.6 Å². The van der Waals surface area contributed by atoms with E-state index >= 15 is 0 Å². The lowest BCUT2D eigenvalue weighted by molar-refractivity contribution is 0.0238. The molecule has 1 heterocycles. The summed E-state index contributed by atoms with van der Waals surface area (Å²) < 4.78 is 0. The van der Waals surface area contributed by atoms with Crippen molar-refractivity contribution in [1.29, 1.82) is 0 Å². The van der Waals surface area contributed by atoms with Gasteiger partial charge in [0.15, 0.2) is 0 Å². The van der Waals surface area contributed by atoms with Crippen LogP contribution in [0, 0.1) is 11.8 Å². The van der Waals surface area contributed by atoms with Crippen LogP contribution in [0.5, 0.6) is 0 Å². The van der Waals surface area contributed by atoms with Gasteiger partial charge < -0.3 is 5.73 Å². The zero-order valence-electron chi connectivity index (χ0n) is 9.29. The predicted octanol–water partition coefficient (Wildman–Crippen LogP) is 1.70. The first-order chi connectivity index (χ1) is 6.19. The van der Waals surface area contributed by atoms with Crippen LogP contribution in [0.4, 0.5) is 0 Å². The number of hydrogen-bond donors (Lipinski definition) is 1. The first-order valence-corrected chi connectivity index (χ1v) is 5.63. The summed E-state index contributed by atoms with van der Waals surface area (Å²) >= 11 is 0. The largest absolute Gasteiger partial charge is 0.330 e. The first kappa shape index (κ1) is 11.0. The molecular formula is C11H24N2. The van der Waals surface area contributed by atoms with Gasteiger partial charge in [0.25, 0.3) is 0 Å². The Labute approximate surface area is 82.5 Å². The second-order valence-electron chi connectivity index (χ2n) is 4.60. The summed E-state index contributed by atoms with van der Waals surface area (Å²) in [5.74, 6) is 1.79. The highest BCUT2D eigenvalue weighted by Gasteiger charge is 2.32. The lowest BCUT2D eigenvalue weighted by atomic mass is 9.86. The molecule has 0 aromatic carbocycles. The van der Waals surface area contributed by atoms with E-state index in [1.54, 1.807) is 0 Å². The Morgan fingerprint density at radius 2 is 2.00 bits per heavy atom. The van der Waals surface area contributed by atoms with E-state index < -0.39 is 0 Å². The minimum Gasteiger partial charge on any atom is -0.330 e. The molecule has 0 aliphatic carbocycles. The van der Waals surface area contributed by atoms with Crippen LogP contribution in [0.1, 0.15) is 33.6 Å². The molecule has 1 aliphatic rings. The molecule has 0 aromatic rings. The number of nitrogens with zero attached hydrogens (tertiary/aromatic N) is 1. The molecule has 2 heteroatoms. The van der Waals surface area contributed by atoms with E-state index in [0.717, 1.165) is 24.4 Å². The number of nitrogens with two attached hydrogens (primary N) is 1. The molecule has 1 aliphatic heterocycles. The molecule has 2 N–H and O–H groups in total. The summed E-state index contributed by atoms with van der Waals surface area (Å²) in [7, 11) is 0. The Balaban J connectivity index is 2.23. The third-order valence-electron chi connectivity index (χ3n) is 3.37. The Bertz CT molecular complexity index is 139. The number of likely N-dealkylation sites (tertiary alicyclic amines) is 1. The van der Waals surface area contributed by atoms with Gasteiger partial charge in [0.2, 0.25) is 0 Å². The highest BCUT2D eigenvalue weighted by atomic mass is 15.2.